The Bertz CT molecular complexity index is 1730. The molecule has 11 heteroatoms. The Morgan fingerprint density at radius 2 is 1.79 bits per heavy atom. The average Bonchev–Trinajstić information content (AvgIpc) is 3.32. The average molecular weight is 518 g/mol. The number of carbonyl (C=O) groups excluding carboxylic acids is 1. The molecule has 1 amide bonds. The number of halogens is 1. The number of methoxy groups -OCH3 is 2. The first kappa shape index (κ1) is 24.8. The lowest BCUT2D eigenvalue weighted by molar-refractivity contribution is 0.167. The number of hydrogen-bond acceptors (Lipinski definition) is 7. The van der Waals surface area contributed by atoms with Crippen LogP contribution < -0.4 is 20.3 Å². The van der Waals surface area contributed by atoms with Gasteiger partial charge in [0.1, 0.15) is 5.82 Å². The number of amides is 1. The van der Waals surface area contributed by atoms with E-state index in [1.165, 1.54) is 20.3 Å². The molecular formula is C27H24FN5O5. The van der Waals surface area contributed by atoms with Gasteiger partial charge >= 0.3 is 6.09 Å². The van der Waals surface area contributed by atoms with E-state index in [4.69, 9.17) is 14.2 Å². The van der Waals surface area contributed by atoms with E-state index in [9.17, 15) is 14.0 Å². The molecule has 3 N–H and O–H groups in total. The molecule has 0 aliphatic rings. The molecule has 0 unspecified atom stereocenters. The van der Waals surface area contributed by atoms with Crippen molar-refractivity contribution in [1.82, 2.24) is 20.2 Å². The lowest BCUT2D eigenvalue weighted by Gasteiger charge is -2.12. The van der Waals surface area contributed by atoms with Crippen LogP contribution in [-0.2, 0) is 11.2 Å². The summed E-state index contributed by atoms with van der Waals surface area (Å²) < 4.78 is 30.5. The minimum Gasteiger partial charge on any atom is -0.493 e. The molecule has 0 fully saturated rings. The number of ether oxygens (including phenoxy) is 3. The lowest BCUT2D eigenvalue weighted by Crippen LogP contribution is -2.14. The fourth-order valence-electron chi connectivity index (χ4n) is 4.28. The second-order valence-corrected chi connectivity index (χ2v) is 8.41. The van der Waals surface area contributed by atoms with Crippen molar-refractivity contribution in [1.29, 1.82) is 0 Å². The third kappa shape index (κ3) is 4.73. The Balaban J connectivity index is 1.50. The Morgan fingerprint density at radius 3 is 2.53 bits per heavy atom. The summed E-state index contributed by atoms with van der Waals surface area (Å²) in [5.74, 6) is 0.732. The summed E-state index contributed by atoms with van der Waals surface area (Å²) in [5.41, 5.74) is 3.25. The van der Waals surface area contributed by atoms with E-state index < -0.39 is 11.9 Å². The topological polar surface area (TPSA) is 131 Å². The van der Waals surface area contributed by atoms with Crippen molar-refractivity contribution < 1.29 is 23.4 Å². The van der Waals surface area contributed by atoms with E-state index in [0.717, 1.165) is 5.56 Å². The van der Waals surface area contributed by atoms with Gasteiger partial charge in [-0.2, -0.15) is 5.10 Å². The quantitative estimate of drug-likeness (QED) is 0.283. The fraction of sp³-hybridized carbons (Fsp3) is 0.185. The van der Waals surface area contributed by atoms with Crippen LogP contribution in [0.5, 0.6) is 11.5 Å². The maximum atomic E-state index is 15.0. The molecule has 0 radical (unpaired) electrons. The SMILES string of the molecule is CCOC(=O)Nc1nc2ccc(-c3cc(Cc4n[nH]c(=O)c5cc(OC)c(OC)cc45)ccc3F)cc2[nH]1. The van der Waals surface area contributed by atoms with Crippen LogP contribution in [0.25, 0.3) is 32.9 Å². The smallest absolute Gasteiger partial charge is 0.413 e. The Labute approximate surface area is 215 Å². The zero-order chi connectivity index (χ0) is 26.8. The van der Waals surface area contributed by atoms with Crippen LogP contribution in [0.2, 0.25) is 0 Å². The number of hydrogen-bond donors (Lipinski definition) is 3. The van der Waals surface area contributed by atoms with Crippen LogP contribution in [0.3, 0.4) is 0 Å². The highest BCUT2D eigenvalue weighted by molar-refractivity contribution is 5.89. The summed E-state index contributed by atoms with van der Waals surface area (Å²) in [6.45, 7) is 1.94. The predicted molar refractivity (Wildman–Crippen MR) is 140 cm³/mol. The maximum absolute atomic E-state index is 15.0. The summed E-state index contributed by atoms with van der Waals surface area (Å²) in [5, 5.41) is 10.3. The van der Waals surface area contributed by atoms with Gasteiger partial charge in [-0.15, -0.1) is 0 Å². The summed E-state index contributed by atoms with van der Waals surface area (Å²) in [6, 6.07) is 13.4. The van der Waals surface area contributed by atoms with Gasteiger partial charge in [0.25, 0.3) is 5.56 Å². The minimum absolute atomic E-state index is 0.230. The summed E-state index contributed by atoms with van der Waals surface area (Å²) >= 11 is 0. The molecule has 3 aromatic carbocycles. The van der Waals surface area contributed by atoms with Gasteiger partial charge in [0.15, 0.2) is 11.5 Å². The molecule has 0 atom stereocenters. The van der Waals surface area contributed by atoms with Gasteiger partial charge < -0.3 is 19.2 Å². The van der Waals surface area contributed by atoms with Crippen LogP contribution in [0.1, 0.15) is 18.2 Å². The first-order valence-corrected chi connectivity index (χ1v) is 11.8. The number of nitrogens with one attached hydrogen (secondary N) is 3. The normalized spacial score (nSPS) is 11.1. The van der Waals surface area contributed by atoms with Crippen molar-refractivity contribution in [2.45, 2.75) is 13.3 Å². The van der Waals surface area contributed by atoms with Crippen LogP contribution in [-0.4, -0.2) is 47.1 Å². The van der Waals surface area contributed by atoms with Crippen molar-refractivity contribution in [2.24, 2.45) is 0 Å². The van der Waals surface area contributed by atoms with Crippen molar-refractivity contribution in [3.8, 4) is 22.6 Å². The fourth-order valence-corrected chi connectivity index (χ4v) is 4.28. The largest absolute Gasteiger partial charge is 0.493 e. The second-order valence-electron chi connectivity index (χ2n) is 8.41. The number of anilines is 1. The summed E-state index contributed by atoms with van der Waals surface area (Å²) in [6.07, 6.45) is -0.291. The van der Waals surface area contributed by atoms with E-state index >= 15 is 0 Å². The van der Waals surface area contributed by atoms with Gasteiger partial charge in [-0.25, -0.2) is 19.3 Å². The number of rotatable bonds is 7. The van der Waals surface area contributed by atoms with Crippen LogP contribution >= 0.6 is 0 Å². The molecular weight excluding hydrogens is 493 g/mol. The third-order valence-corrected chi connectivity index (χ3v) is 6.06. The highest BCUT2D eigenvalue weighted by Crippen LogP contribution is 2.33. The van der Waals surface area contributed by atoms with Gasteiger partial charge in [-0.1, -0.05) is 12.1 Å². The van der Waals surface area contributed by atoms with Crippen molar-refractivity contribution >= 4 is 33.8 Å². The monoisotopic (exact) mass is 517 g/mol. The number of nitrogens with zero attached hydrogens (tertiary/aromatic N) is 2. The molecule has 5 aromatic rings. The van der Waals surface area contributed by atoms with Gasteiger partial charge in [-0.3, -0.25) is 10.1 Å². The van der Waals surface area contributed by atoms with Crippen molar-refractivity contribution in [3.05, 3.63) is 76.0 Å². The van der Waals surface area contributed by atoms with E-state index in [1.54, 1.807) is 49.4 Å². The number of aromatic nitrogens is 4. The lowest BCUT2D eigenvalue weighted by atomic mass is 9.98. The van der Waals surface area contributed by atoms with E-state index in [1.807, 2.05) is 0 Å². The Morgan fingerprint density at radius 1 is 1.03 bits per heavy atom. The molecule has 0 aliphatic heterocycles. The summed E-state index contributed by atoms with van der Waals surface area (Å²) in [7, 11) is 3.01. The number of fused-ring (bicyclic) bond motifs is 2. The van der Waals surface area contributed by atoms with E-state index in [0.29, 0.717) is 56.5 Å². The van der Waals surface area contributed by atoms with Crippen LogP contribution in [0.4, 0.5) is 15.1 Å². The molecule has 38 heavy (non-hydrogen) atoms. The van der Waals surface area contributed by atoms with Crippen LogP contribution in [0, 0.1) is 5.82 Å². The maximum Gasteiger partial charge on any atom is 0.413 e. The molecule has 194 valence electrons. The zero-order valence-corrected chi connectivity index (χ0v) is 20.8. The molecule has 10 nitrogen and oxygen atoms in total. The number of imidazole rings is 1. The number of H-pyrrole nitrogens is 2. The molecule has 0 saturated heterocycles. The number of carbonyl (C=O) groups is 1. The number of benzene rings is 3. The second kappa shape index (κ2) is 10.2. The van der Waals surface area contributed by atoms with Crippen molar-refractivity contribution in [2.75, 3.05) is 26.1 Å². The first-order chi connectivity index (χ1) is 18.4. The van der Waals surface area contributed by atoms with Crippen molar-refractivity contribution in [3.63, 3.8) is 0 Å². The Hall–Kier alpha value is -4.93. The standard InChI is InChI=1S/C27H24FN5O5/c1-4-38-27(35)31-26-29-20-8-6-15(11-22(20)30-26)16-9-14(5-7-19(16)28)10-21-17-12-23(36-2)24(37-3)13-18(17)25(34)33-32-21/h5-9,11-13H,4,10H2,1-3H3,(H,33,34)(H2,29,30,31,35). The molecule has 0 spiro atoms. The molecule has 2 aromatic heterocycles. The van der Waals surface area contributed by atoms with E-state index in [-0.39, 0.29) is 18.1 Å². The molecule has 0 aliphatic carbocycles. The Kier molecular flexibility index (Phi) is 6.65. The minimum atomic E-state index is -0.620. The molecule has 0 saturated carbocycles. The van der Waals surface area contributed by atoms with Gasteiger partial charge in [0.05, 0.1) is 42.9 Å². The van der Waals surface area contributed by atoms with Gasteiger partial charge in [0, 0.05) is 17.4 Å². The molecule has 0 bridgehead atoms. The third-order valence-electron chi connectivity index (χ3n) is 6.06. The predicted octanol–water partition coefficient (Wildman–Crippen LogP) is 4.78. The zero-order valence-electron chi connectivity index (χ0n) is 20.8. The molecule has 5 rings (SSSR count). The summed E-state index contributed by atoms with van der Waals surface area (Å²) in [4.78, 5) is 31.4. The highest BCUT2D eigenvalue weighted by Gasteiger charge is 2.15. The van der Waals surface area contributed by atoms with E-state index in [2.05, 4.69) is 25.5 Å². The van der Waals surface area contributed by atoms with Gasteiger partial charge in [-0.05, 0) is 54.4 Å². The first-order valence-electron chi connectivity index (χ1n) is 11.8. The highest BCUT2D eigenvalue weighted by atomic mass is 19.1. The van der Waals surface area contributed by atoms with Crippen LogP contribution in [0.15, 0.2) is 53.3 Å². The number of aromatic amines is 2. The van der Waals surface area contributed by atoms with Gasteiger partial charge in [0.2, 0.25) is 5.95 Å². The molecule has 2 heterocycles.